The van der Waals surface area contributed by atoms with Gasteiger partial charge in [0.05, 0.1) is 0 Å². The first-order valence-corrected chi connectivity index (χ1v) is 7.00. The standard InChI is InChI=1S/C19H18N2/c1-14-2-10-18(11-3-14)21-19-12-6-16(7-13-19)15-4-8-17(20)9-5-15/h2-13,21H,20H2,1H3. The number of hydrogen-bond acceptors (Lipinski definition) is 2. The van der Waals surface area contributed by atoms with Crippen LogP contribution in [-0.2, 0) is 0 Å². The molecule has 0 aliphatic rings. The number of rotatable bonds is 3. The highest BCUT2D eigenvalue weighted by Crippen LogP contribution is 2.24. The molecule has 0 amide bonds. The van der Waals surface area contributed by atoms with Gasteiger partial charge in [0.15, 0.2) is 0 Å². The minimum absolute atomic E-state index is 0.788. The minimum atomic E-state index is 0.788. The lowest BCUT2D eigenvalue weighted by Crippen LogP contribution is -1.90. The molecule has 3 rings (SSSR count). The van der Waals surface area contributed by atoms with E-state index in [1.165, 1.54) is 16.7 Å². The Morgan fingerprint density at radius 2 is 1.05 bits per heavy atom. The predicted octanol–water partition coefficient (Wildman–Crippen LogP) is 4.99. The van der Waals surface area contributed by atoms with E-state index in [0.29, 0.717) is 0 Å². The van der Waals surface area contributed by atoms with Gasteiger partial charge in [0.25, 0.3) is 0 Å². The van der Waals surface area contributed by atoms with E-state index in [9.17, 15) is 0 Å². The second-order valence-corrected chi connectivity index (χ2v) is 5.19. The fourth-order valence-electron chi connectivity index (χ4n) is 2.23. The fourth-order valence-corrected chi connectivity index (χ4v) is 2.23. The second kappa shape index (κ2) is 5.71. The molecule has 0 saturated heterocycles. The predicted molar refractivity (Wildman–Crippen MR) is 90.8 cm³/mol. The zero-order chi connectivity index (χ0) is 14.7. The van der Waals surface area contributed by atoms with Crippen LogP contribution in [0.2, 0.25) is 0 Å². The molecule has 3 aromatic carbocycles. The molecule has 21 heavy (non-hydrogen) atoms. The van der Waals surface area contributed by atoms with Crippen molar-refractivity contribution in [2.75, 3.05) is 11.1 Å². The van der Waals surface area contributed by atoms with Crippen molar-refractivity contribution in [1.29, 1.82) is 0 Å². The number of hydrogen-bond donors (Lipinski definition) is 2. The van der Waals surface area contributed by atoms with Crippen LogP contribution in [0.15, 0.2) is 72.8 Å². The van der Waals surface area contributed by atoms with Gasteiger partial charge in [0.2, 0.25) is 0 Å². The molecule has 0 saturated carbocycles. The van der Waals surface area contributed by atoms with Crippen LogP contribution < -0.4 is 11.1 Å². The van der Waals surface area contributed by atoms with Crippen LogP contribution in [0.25, 0.3) is 11.1 Å². The Kier molecular flexibility index (Phi) is 3.61. The smallest absolute Gasteiger partial charge is 0.0384 e. The summed E-state index contributed by atoms with van der Waals surface area (Å²) in [5, 5.41) is 3.40. The van der Waals surface area contributed by atoms with Gasteiger partial charge in [0.1, 0.15) is 0 Å². The fraction of sp³-hybridized carbons (Fsp3) is 0.0526. The van der Waals surface area contributed by atoms with Gasteiger partial charge in [-0.05, 0) is 54.4 Å². The molecule has 0 atom stereocenters. The van der Waals surface area contributed by atoms with E-state index in [0.717, 1.165) is 17.1 Å². The Bertz CT molecular complexity index is 711. The van der Waals surface area contributed by atoms with Crippen LogP contribution in [0.5, 0.6) is 0 Å². The lowest BCUT2D eigenvalue weighted by Gasteiger charge is -2.08. The van der Waals surface area contributed by atoms with Crippen molar-refractivity contribution in [1.82, 2.24) is 0 Å². The molecular weight excluding hydrogens is 256 g/mol. The van der Waals surface area contributed by atoms with E-state index < -0.39 is 0 Å². The maximum Gasteiger partial charge on any atom is 0.0384 e. The summed E-state index contributed by atoms with van der Waals surface area (Å²) in [4.78, 5) is 0. The average molecular weight is 274 g/mol. The first-order valence-electron chi connectivity index (χ1n) is 7.00. The highest BCUT2D eigenvalue weighted by Gasteiger charge is 1.99. The van der Waals surface area contributed by atoms with Gasteiger partial charge < -0.3 is 11.1 Å². The van der Waals surface area contributed by atoms with Gasteiger partial charge in [-0.2, -0.15) is 0 Å². The molecule has 104 valence electrons. The molecule has 0 aliphatic carbocycles. The molecule has 2 nitrogen and oxygen atoms in total. The number of nitrogens with one attached hydrogen (secondary N) is 1. The maximum atomic E-state index is 5.72. The average Bonchev–Trinajstić information content (AvgIpc) is 2.51. The zero-order valence-corrected chi connectivity index (χ0v) is 12.0. The Hall–Kier alpha value is -2.74. The molecule has 3 N–H and O–H groups in total. The van der Waals surface area contributed by atoms with Crippen molar-refractivity contribution in [2.45, 2.75) is 6.92 Å². The number of aryl methyl sites for hydroxylation is 1. The Morgan fingerprint density at radius 3 is 1.57 bits per heavy atom. The third-order valence-corrected chi connectivity index (χ3v) is 3.47. The highest BCUT2D eigenvalue weighted by molar-refractivity contribution is 5.69. The van der Waals surface area contributed by atoms with Crippen molar-refractivity contribution in [2.24, 2.45) is 0 Å². The van der Waals surface area contributed by atoms with E-state index in [1.807, 2.05) is 24.3 Å². The molecule has 3 aromatic rings. The molecule has 0 spiro atoms. The lowest BCUT2D eigenvalue weighted by molar-refractivity contribution is 1.45. The van der Waals surface area contributed by atoms with Crippen LogP contribution in [-0.4, -0.2) is 0 Å². The number of anilines is 3. The largest absolute Gasteiger partial charge is 0.399 e. The van der Waals surface area contributed by atoms with E-state index in [2.05, 4.69) is 60.8 Å². The van der Waals surface area contributed by atoms with Crippen molar-refractivity contribution >= 4 is 17.1 Å². The third kappa shape index (κ3) is 3.23. The summed E-state index contributed by atoms with van der Waals surface area (Å²) in [6, 6.07) is 24.7. The zero-order valence-electron chi connectivity index (χ0n) is 12.0. The van der Waals surface area contributed by atoms with E-state index >= 15 is 0 Å². The number of nitrogens with two attached hydrogens (primary N) is 1. The van der Waals surface area contributed by atoms with Crippen LogP contribution in [0.1, 0.15) is 5.56 Å². The summed E-state index contributed by atoms with van der Waals surface area (Å²) < 4.78 is 0. The van der Waals surface area contributed by atoms with Crippen molar-refractivity contribution in [3.8, 4) is 11.1 Å². The van der Waals surface area contributed by atoms with Gasteiger partial charge in [-0.15, -0.1) is 0 Å². The Morgan fingerprint density at radius 1 is 0.619 bits per heavy atom. The lowest BCUT2D eigenvalue weighted by atomic mass is 10.1. The first kappa shape index (κ1) is 13.3. The van der Waals surface area contributed by atoms with Gasteiger partial charge in [-0.25, -0.2) is 0 Å². The summed E-state index contributed by atoms with van der Waals surface area (Å²) >= 11 is 0. The highest BCUT2D eigenvalue weighted by atomic mass is 14.9. The molecule has 2 heteroatoms. The van der Waals surface area contributed by atoms with Gasteiger partial charge in [0, 0.05) is 17.1 Å². The summed E-state index contributed by atoms with van der Waals surface area (Å²) in [5.74, 6) is 0. The van der Waals surface area contributed by atoms with Crippen LogP contribution >= 0.6 is 0 Å². The molecule has 0 aromatic heterocycles. The van der Waals surface area contributed by atoms with Crippen molar-refractivity contribution in [3.63, 3.8) is 0 Å². The van der Waals surface area contributed by atoms with Gasteiger partial charge in [-0.3, -0.25) is 0 Å². The van der Waals surface area contributed by atoms with Crippen molar-refractivity contribution < 1.29 is 0 Å². The normalized spacial score (nSPS) is 10.3. The first-order chi connectivity index (χ1) is 10.2. The van der Waals surface area contributed by atoms with E-state index in [-0.39, 0.29) is 0 Å². The minimum Gasteiger partial charge on any atom is -0.399 e. The second-order valence-electron chi connectivity index (χ2n) is 5.19. The summed E-state index contributed by atoms with van der Waals surface area (Å²) in [7, 11) is 0. The van der Waals surface area contributed by atoms with Crippen LogP contribution in [0.4, 0.5) is 17.1 Å². The molecule has 0 aliphatic heterocycles. The third-order valence-electron chi connectivity index (χ3n) is 3.47. The summed E-state index contributed by atoms with van der Waals surface area (Å²) in [6.45, 7) is 2.09. The molecular formula is C19H18N2. The number of nitrogen functional groups attached to an aromatic ring is 1. The topological polar surface area (TPSA) is 38.0 Å². The summed E-state index contributed by atoms with van der Waals surface area (Å²) in [5.41, 5.74) is 12.3. The van der Waals surface area contributed by atoms with E-state index in [4.69, 9.17) is 5.73 Å². The van der Waals surface area contributed by atoms with Crippen molar-refractivity contribution in [3.05, 3.63) is 78.4 Å². The monoisotopic (exact) mass is 274 g/mol. The molecule has 0 fully saturated rings. The molecule has 0 unspecified atom stereocenters. The van der Waals surface area contributed by atoms with Crippen LogP contribution in [0, 0.1) is 6.92 Å². The maximum absolute atomic E-state index is 5.72. The van der Waals surface area contributed by atoms with Gasteiger partial charge >= 0.3 is 0 Å². The molecule has 0 radical (unpaired) electrons. The Balaban J connectivity index is 1.77. The van der Waals surface area contributed by atoms with Gasteiger partial charge in [-0.1, -0.05) is 42.0 Å². The molecule has 0 heterocycles. The number of benzene rings is 3. The SMILES string of the molecule is Cc1ccc(Nc2ccc(-c3ccc(N)cc3)cc2)cc1. The Labute approximate surface area is 125 Å². The van der Waals surface area contributed by atoms with E-state index in [1.54, 1.807) is 0 Å². The van der Waals surface area contributed by atoms with Crippen LogP contribution in [0.3, 0.4) is 0 Å². The molecule has 0 bridgehead atoms. The quantitative estimate of drug-likeness (QED) is 0.660. The summed E-state index contributed by atoms with van der Waals surface area (Å²) in [6.07, 6.45) is 0.